The van der Waals surface area contributed by atoms with E-state index in [-0.39, 0.29) is 0 Å². The smallest absolute Gasteiger partial charge is 0.136 e. The van der Waals surface area contributed by atoms with E-state index < -0.39 is 0 Å². The summed E-state index contributed by atoms with van der Waals surface area (Å²) in [5.74, 6) is 1.75. The van der Waals surface area contributed by atoms with Gasteiger partial charge in [0.05, 0.1) is 0 Å². The Morgan fingerprint density at radius 1 is 1.33 bits per heavy atom. The van der Waals surface area contributed by atoms with Crippen molar-refractivity contribution in [2.45, 2.75) is 58.3 Å². The Balaban J connectivity index is 2.24. The summed E-state index contributed by atoms with van der Waals surface area (Å²) in [5.41, 5.74) is 0. The van der Waals surface area contributed by atoms with Crippen LogP contribution in [0.1, 0.15) is 58.3 Å². The number of allylic oxidation sites excluding steroid dienone is 1. The van der Waals surface area contributed by atoms with Crippen molar-refractivity contribution in [3.8, 4) is 0 Å². The molecule has 0 saturated heterocycles. The van der Waals surface area contributed by atoms with E-state index in [0.29, 0.717) is 18.1 Å². The minimum Gasteiger partial charge on any atom is -0.299 e. The van der Waals surface area contributed by atoms with Gasteiger partial charge in [-0.3, -0.25) is 4.79 Å². The van der Waals surface area contributed by atoms with Gasteiger partial charge in [-0.1, -0.05) is 25.8 Å². The van der Waals surface area contributed by atoms with Gasteiger partial charge in [-0.25, -0.2) is 0 Å². The largest absolute Gasteiger partial charge is 0.299 e. The van der Waals surface area contributed by atoms with E-state index in [2.05, 4.69) is 13.5 Å². The molecule has 1 aliphatic carbocycles. The molecule has 0 atom stereocenters. The van der Waals surface area contributed by atoms with Gasteiger partial charge in [0, 0.05) is 12.3 Å². The molecule has 0 aromatic rings. The summed E-state index contributed by atoms with van der Waals surface area (Å²) < 4.78 is 0. The number of Topliss-reactive ketones (excluding diaryl/α,β-unsaturated/α-hetero) is 1. The van der Waals surface area contributed by atoms with Gasteiger partial charge in [0.1, 0.15) is 5.78 Å². The molecule has 0 N–H and O–H groups in total. The first-order chi connectivity index (χ1) is 7.27. The van der Waals surface area contributed by atoms with Crippen molar-refractivity contribution in [1.82, 2.24) is 0 Å². The monoisotopic (exact) mass is 208 g/mol. The van der Waals surface area contributed by atoms with Crippen LogP contribution in [0.25, 0.3) is 0 Å². The van der Waals surface area contributed by atoms with E-state index in [1.165, 1.54) is 25.7 Å². The lowest BCUT2D eigenvalue weighted by atomic mass is 9.78. The molecule has 0 unspecified atom stereocenters. The normalized spacial score (nSPS) is 26.2. The Morgan fingerprint density at radius 2 is 2.00 bits per heavy atom. The molecule has 0 bridgehead atoms. The third kappa shape index (κ3) is 4.19. The highest BCUT2D eigenvalue weighted by Crippen LogP contribution is 2.32. The molecule has 0 heterocycles. The van der Waals surface area contributed by atoms with E-state index in [1.54, 1.807) is 0 Å². The Labute approximate surface area is 93.9 Å². The molecule has 1 aliphatic rings. The second-order valence-electron chi connectivity index (χ2n) is 4.80. The average Bonchev–Trinajstić information content (AvgIpc) is 2.27. The molecule has 1 fully saturated rings. The van der Waals surface area contributed by atoms with Crippen molar-refractivity contribution >= 4 is 5.78 Å². The van der Waals surface area contributed by atoms with Crippen molar-refractivity contribution in [3.63, 3.8) is 0 Å². The first kappa shape index (κ1) is 12.5. The minimum atomic E-state index is 0.373. The van der Waals surface area contributed by atoms with E-state index in [0.717, 1.165) is 25.2 Å². The van der Waals surface area contributed by atoms with Crippen molar-refractivity contribution in [3.05, 3.63) is 12.7 Å². The maximum atomic E-state index is 11.8. The number of hydrogen-bond acceptors (Lipinski definition) is 1. The van der Waals surface area contributed by atoms with Gasteiger partial charge in [0.2, 0.25) is 0 Å². The molecule has 15 heavy (non-hydrogen) atoms. The first-order valence-corrected chi connectivity index (χ1v) is 6.41. The molecule has 1 rings (SSSR count). The van der Waals surface area contributed by atoms with Crippen molar-refractivity contribution < 1.29 is 4.79 Å². The summed E-state index contributed by atoms with van der Waals surface area (Å²) in [6, 6.07) is 0. The zero-order chi connectivity index (χ0) is 11.1. The number of hydrogen-bond donors (Lipinski definition) is 0. The summed E-state index contributed by atoms with van der Waals surface area (Å²) in [7, 11) is 0. The maximum absolute atomic E-state index is 11.8. The molecule has 0 aromatic heterocycles. The quantitative estimate of drug-likeness (QED) is 0.600. The van der Waals surface area contributed by atoms with Gasteiger partial charge in [-0.15, -0.1) is 6.58 Å². The van der Waals surface area contributed by atoms with Gasteiger partial charge in [0.15, 0.2) is 0 Å². The number of rotatable bonds is 6. The third-order valence-electron chi connectivity index (χ3n) is 3.59. The highest BCUT2D eigenvalue weighted by molar-refractivity contribution is 5.81. The molecule has 0 amide bonds. The van der Waals surface area contributed by atoms with Crippen LogP contribution in [0.3, 0.4) is 0 Å². The van der Waals surface area contributed by atoms with Crippen LogP contribution in [-0.4, -0.2) is 5.78 Å². The molecular formula is C14H24O. The van der Waals surface area contributed by atoms with E-state index in [9.17, 15) is 4.79 Å². The van der Waals surface area contributed by atoms with Crippen molar-refractivity contribution in [2.24, 2.45) is 11.8 Å². The van der Waals surface area contributed by atoms with Crippen LogP contribution >= 0.6 is 0 Å². The number of carbonyl (C=O) groups is 1. The fourth-order valence-electron chi connectivity index (χ4n) is 2.63. The van der Waals surface area contributed by atoms with Crippen LogP contribution in [-0.2, 0) is 4.79 Å². The van der Waals surface area contributed by atoms with E-state index >= 15 is 0 Å². The molecule has 0 aliphatic heterocycles. The second-order valence-corrected chi connectivity index (χ2v) is 4.80. The van der Waals surface area contributed by atoms with Gasteiger partial charge < -0.3 is 0 Å². The Bertz CT molecular complexity index is 199. The third-order valence-corrected chi connectivity index (χ3v) is 3.59. The predicted octanol–water partition coefficient (Wildman–Crippen LogP) is 4.13. The van der Waals surface area contributed by atoms with Crippen LogP contribution in [0, 0.1) is 11.8 Å². The summed E-state index contributed by atoms with van der Waals surface area (Å²) in [4.78, 5) is 11.8. The van der Waals surface area contributed by atoms with Gasteiger partial charge in [0.25, 0.3) is 0 Å². The highest BCUT2D eigenvalue weighted by atomic mass is 16.1. The van der Waals surface area contributed by atoms with Crippen LogP contribution < -0.4 is 0 Å². The Kier molecular flexibility index (Phi) is 5.67. The predicted molar refractivity (Wildman–Crippen MR) is 64.8 cm³/mol. The molecule has 1 heteroatoms. The molecule has 1 saturated carbocycles. The molecule has 86 valence electrons. The standard InChI is InChI=1S/C14H24O/c1-3-5-7-14(15)13-10-8-12(6-4-2)9-11-13/h3,12-13H,1,4-11H2,2H3. The van der Waals surface area contributed by atoms with E-state index in [4.69, 9.17) is 0 Å². The summed E-state index contributed by atoms with van der Waals surface area (Å²) in [5, 5.41) is 0. The van der Waals surface area contributed by atoms with Crippen molar-refractivity contribution in [2.75, 3.05) is 0 Å². The Hall–Kier alpha value is -0.590. The van der Waals surface area contributed by atoms with Gasteiger partial charge in [-0.05, 0) is 38.0 Å². The Morgan fingerprint density at radius 3 is 2.53 bits per heavy atom. The van der Waals surface area contributed by atoms with Crippen molar-refractivity contribution in [1.29, 1.82) is 0 Å². The van der Waals surface area contributed by atoms with Gasteiger partial charge >= 0.3 is 0 Å². The number of carbonyl (C=O) groups excluding carboxylic acids is 1. The second kappa shape index (κ2) is 6.81. The van der Waals surface area contributed by atoms with Crippen LogP contribution in [0.15, 0.2) is 12.7 Å². The first-order valence-electron chi connectivity index (χ1n) is 6.41. The molecular weight excluding hydrogens is 184 g/mol. The van der Waals surface area contributed by atoms with E-state index in [1.807, 2.05) is 6.08 Å². The summed E-state index contributed by atoms with van der Waals surface area (Å²) in [6.07, 6.45) is 10.9. The molecule has 1 nitrogen and oxygen atoms in total. The van der Waals surface area contributed by atoms with Gasteiger partial charge in [-0.2, -0.15) is 0 Å². The van der Waals surface area contributed by atoms with Crippen LogP contribution in [0.4, 0.5) is 0 Å². The average molecular weight is 208 g/mol. The summed E-state index contributed by atoms with van der Waals surface area (Å²) in [6.45, 7) is 5.91. The molecule has 0 spiro atoms. The maximum Gasteiger partial charge on any atom is 0.136 e. The topological polar surface area (TPSA) is 17.1 Å². The lowest BCUT2D eigenvalue weighted by molar-refractivity contribution is -0.124. The molecule has 0 radical (unpaired) electrons. The highest BCUT2D eigenvalue weighted by Gasteiger charge is 2.24. The zero-order valence-corrected chi connectivity index (χ0v) is 10.0. The lowest BCUT2D eigenvalue weighted by Gasteiger charge is -2.27. The minimum absolute atomic E-state index is 0.373. The lowest BCUT2D eigenvalue weighted by Crippen LogP contribution is -2.21. The molecule has 0 aromatic carbocycles. The van der Waals surface area contributed by atoms with Crippen LogP contribution in [0.5, 0.6) is 0 Å². The fourth-order valence-corrected chi connectivity index (χ4v) is 2.63. The van der Waals surface area contributed by atoms with Crippen LogP contribution in [0.2, 0.25) is 0 Å². The fraction of sp³-hybridized carbons (Fsp3) is 0.786. The zero-order valence-electron chi connectivity index (χ0n) is 10.0. The summed E-state index contributed by atoms with van der Waals surface area (Å²) >= 11 is 0. The SMILES string of the molecule is C=CCCC(=O)C1CCC(CCC)CC1. The number of ketones is 1.